The molecular weight excluding hydrogens is 242 g/mol. The second-order valence-electron chi connectivity index (χ2n) is 4.27. The summed E-state index contributed by atoms with van der Waals surface area (Å²) in [6, 6.07) is 13.8. The fourth-order valence-corrected chi connectivity index (χ4v) is 3.00. The van der Waals surface area contributed by atoms with Crippen molar-refractivity contribution in [3.8, 4) is 0 Å². The van der Waals surface area contributed by atoms with Crippen LogP contribution in [0.3, 0.4) is 0 Å². The Morgan fingerprint density at radius 3 is 2.78 bits per heavy atom. The average molecular weight is 255 g/mol. The van der Waals surface area contributed by atoms with Gasteiger partial charge in [0.2, 0.25) is 0 Å². The smallest absolute Gasteiger partial charge is 0.114 e. The van der Waals surface area contributed by atoms with Gasteiger partial charge in [-0.2, -0.15) is 0 Å². The van der Waals surface area contributed by atoms with Gasteiger partial charge in [-0.1, -0.05) is 18.2 Å². The number of aryl methyl sites for hydroxylation is 1. The molecule has 2 heterocycles. The third kappa shape index (κ3) is 1.92. The first-order valence-corrected chi connectivity index (χ1v) is 6.65. The van der Waals surface area contributed by atoms with Gasteiger partial charge in [-0.15, -0.1) is 11.3 Å². The lowest BCUT2D eigenvalue weighted by Gasteiger charge is -2.11. The molecule has 0 spiro atoms. The lowest BCUT2D eigenvalue weighted by molar-refractivity contribution is 0.226. The Morgan fingerprint density at radius 2 is 2.00 bits per heavy atom. The lowest BCUT2D eigenvalue weighted by atomic mass is 10.0. The van der Waals surface area contributed by atoms with Crippen LogP contribution in [0.4, 0.5) is 0 Å². The van der Waals surface area contributed by atoms with E-state index in [9.17, 15) is 5.11 Å². The summed E-state index contributed by atoms with van der Waals surface area (Å²) in [5.74, 6) is 0. The Balaban J connectivity index is 2.14. The largest absolute Gasteiger partial charge is 0.383 e. The summed E-state index contributed by atoms with van der Waals surface area (Å²) < 4.78 is 0. The number of hydrogen-bond donors (Lipinski definition) is 1. The molecule has 0 aliphatic carbocycles. The van der Waals surface area contributed by atoms with E-state index in [4.69, 9.17) is 0 Å². The third-order valence-corrected chi connectivity index (χ3v) is 4.06. The summed E-state index contributed by atoms with van der Waals surface area (Å²) in [4.78, 5) is 6.50. The van der Waals surface area contributed by atoms with Crippen molar-refractivity contribution >= 4 is 22.2 Å². The van der Waals surface area contributed by atoms with Gasteiger partial charge in [-0.3, -0.25) is 4.98 Å². The van der Waals surface area contributed by atoms with Gasteiger partial charge in [0.15, 0.2) is 0 Å². The van der Waals surface area contributed by atoms with E-state index in [1.807, 2.05) is 49.4 Å². The molecule has 0 saturated heterocycles. The fraction of sp³-hybridized carbons (Fsp3) is 0.133. The van der Waals surface area contributed by atoms with Crippen LogP contribution in [0, 0.1) is 6.92 Å². The van der Waals surface area contributed by atoms with Crippen LogP contribution in [0.5, 0.6) is 0 Å². The van der Waals surface area contributed by atoms with Gasteiger partial charge in [-0.25, -0.2) is 0 Å². The summed E-state index contributed by atoms with van der Waals surface area (Å²) >= 11 is 1.63. The van der Waals surface area contributed by atoms with Crippen molar-refractivity contribution in [1.29, 1.82) is 0 Å². The standard InChI is InChI=1S/C15H13NOS/c1-10-7-8-14(18-10)15(17)12-4-2-6-13-11(12)5-3-9-16-13/h2-9,15,17H,1H3. The molecule has 0 aliphatic heterocycles. The zero-order valence-corrected chi connectivity index (χ0v) is 10.8. The van der Waals surface area contributed by atoms with E-state index in [1.165, 1.54) is 4.88 Å². The lowest BCUT2D eigenvalue weighted by Crippen LogP contribution is -1.98. The highest BCUT2D eigenvalue weighted by Crippen LogP contribution is 2.31. The zero-order chi connectivity index (χ0) is 12.5. The predicted octanol–water partition coefficient (Wildman–Crippen LogP) is 3.69. The number of aliphatic hydroxyl groups excluding tert-OH is 1. The Labute approximate surface area is 110 Å². The van der Waals surface area contributed by atoms with Gasteiger partial charge in [0, 0.05) is 21.3 Å². The molecule has 0 amide bonds. The van der Waals surface area contributed by atoms with Crippen molar-refractivity contribution < 1.29 is 5.11 Å². The topological polar surface area (TPSA) is 33.1 Å². The molecule has 2 nitrogen and oxygen atoms in total. The van der Waals surface area contributed by atoms with Crippen molar-refractivity contribution in [2.45, 2.75) is 13.0 Å². The first-order chi connectivity index (χ1) is 8.75. The maximum absolute atomic E-state index is 10.5. The average Bonchev–Trinajstić information content (AvgIpc) is 2.84. The molecule has 0 fully saturated rings. The van der Waals surface area contributed by atoms with Crippen LogP contribution in [0.25, 0.3) is 10.9 Å². The number of benzene rings is 1. The number of aliphatic hydroxyl groups is 1. The second-order valence-corrected chi connectivity index (χ2v) is 5.59. The van der Waals surface area contributed by atoms with Crippen LogP contribution < -0.4 is 0 Å². The van der Waals surface area contributed by atoms with Crippen LogP contribution in [0.2, 0.25) is 0 Å². The van der Waals surface area contributed by atoms with E-state index in [0.29, 0.717) is 0 Å². The van der Waals surface area contributed by atoms with Gasteiger partial charge < -0.3 is 5.11 Å². The van der Waals surface area contributed by atoms with Gasteiger partial charge >= 0.3 is 0 Å². The first kappa shape index (κ1) is 11.4. The van der Waals surface area contributed by atoms with E-state index < -0.39 is 6.10 Å². The summed E-state index contributed by atoms with van der Waals surface area (Å²) in [6.45, 7) is 2.05. The van der Waals surface area contributed by atoms with Crippen molar-refractivity contribution in [3.05, 3.63) is 64.0 Å². The highest BCUT2D eigenvalue weighted by atomic mass is 32.1. The van der Waals surface area contributed by atoms with Crippen molar-refractivity contribution in [2.24, 2.45) is 0 Å². The molecule has 18 heavy (non-hydrogen) atoms. The Bertz CT molecular complexity index is 684. The second kappa shape index (κ2) is 4.52. The van der Waals surface area contributed by atoms with Crippen LogP contribution in [-0.2, 0) is 0 Å². The molecule has 1 N–H and O–H groups in total. The van der Waals surface area contributed by atoms with Crippen LogP contribution in [0.1, 0.15) is 21.4 Å². The van der Waals surface area contributed by atoms with Crippen molar-refractivity contribution in [1.82, 2.24) is 4.98 Å². The normalized spacial score (nSPS) is 12.8. The van der Waals surface area contributed by atoms with Gasteiger partial charge in [0.05, 0.1) is 5.52 Å². The number of pyridine rings is 1. The zero-order valence-electron chi connectivity index (χ0n) is 10.00. The van der Waals surface area contributed by atoms with Crippen LogP contribution >= 0.6 is 11.3 Å². The fourth-order valence-electron chi connectivity index (χ4n) is 2.12. The Hall–Kier alpha value is -1.71. The molecule has 0 aliphatic rings. The van der Waals surface area contributed by atoms with Gasteiger partial charge in [-0.05, 0) is 36.8 Å². The van der Waals surface area contributed by atoms with E-state index in [1.54, 1.807) is 17.5 Å². The minimum atomic E-state index is -0.573. The van der Waals surface area contributed by atoms with Crippen molar-refractivity contribution in [2.75, 3.05) is 0 Å². The summed E-state index contributed by atoms with van der Waals surface area (Å²) in [6.07, 6.45) is 1.20. The van der Waals surface area contributed by atoms with Crippen LogP contribution in [0.15, 0.2) is 48.7 Å². The Morgan fingerprint density at radius 1 is 1.11 bits per heavy atom. The van der Waals surface area contributed by atoms with Gasteiger partial charge in [0.25, 0.3) is 0 Å². The minimum Gasteiger partial charge on any atom is -0.383 e. The molecular formula is C15H13NOS. The molecule has 0 radical (unpaired) electrons. The van der Waals surface area contributed by atoms with E-state index in [-0.39, 0.29) is 0 Å². The number of nitrogens with zero attached hydrogens (tertiary/aromatic N) is 1. The molecule has 1 atom stereocenters. The maximum atomic E-state index is 10.5. The van der Waals surface area contributed by atoms with Gasteiger partial charge in [0.1, 0.15) is 6.10 Å². The predicted molar refractivity (Wildman–Crippen MR) is 74.9 cm³/mol. The molecule has 3 heteroatoms. The monoisotopic (exact) mass is 255 g/mol. The van der Waals surface area contributed by atoms with E-state index >= 15 is 0 Å². The number of rotatable bonds is 2. The number of fused-ring (bicyclic) bond motifs is 1. The van der Waals surface area contributed by atoms with Crippen molar-refractivity contribution in [3.63, 3.8) is 0 Å². The number of hydrogen-bond acceptors (Lipinski definition) is 3. The summed E-state index contributed by atoms with van der Waals surface area (Å²) in [7, 11) is 0. The minimum absolute atomic E-state index is 0.573. The summed E-state index contributed by atoms with van der Waals surface area (Å²) in [5, 5.41) is 11.5. The van der Waals surface area contributed by atoms with E-state index in [0.717, 1.165) is 21.3 Å². The molecule has 1 aromatic carbocycles. The molecule has 0 saturated carbocycles. The number of thiophene rings is 1. The first-order valence-electron chi connectivity index (χ1n) is 5.84. The highest BCUT2D eigenvalue weighted by molar-refractivity contribution is 7.12. The Kier molecular flexibility index (Phi) is 2.86. The van der Waals surface area contributed by atoms with E-state index in [2.05, 4.69) is 4.98 Å². The molecule has 0 bridgehead atoms. The quantitative estimate of drug-likeness (QED) is 0.757. The SMILES string of the molecule is Cc1ccc(C(O)c2cccc3ncccc23)s1. The molecule has 3 aromatic rings. The highest BCUT2D eigenvalue weighted by Gasteiger charge is 2.15. The molecule has 3 rings (SSSR count). The third-order valence-electron chi connectivity index (χ3n) is 3.00. The molecule has 2 aromatic heterocycles. The summed E-state index contributed by atoms with van der Waals surface area (Å²) in [5.41, 5.74) is 1.84. The number of aromatic nitrogens is 1. The van der Waals surface area contributed by atoms with Crippen LogP contribution in [-0.4, -0.2) is 10.1 Å². The molecule has 1 unspecified atom stereocenters. The molecule has 90 valence electrons. The maximum Gasteiger partial charge on any atom is 0.114 e.